The summed E-state index contributed by atoms with van der Waals surface area (Å²) >= 11 is 5.92. The number of unbranched alkanes of at least 4 members (excludes halogenated alkanes) is 2. The van der Waals surface area contributed by atoms with Crippen LogP contribution in [-0.4, -0.2) is 42.0 Å². The van der Waals surface area contributed by atoms with Crippen molar-refractivity contribution in [1.82, 2.24) is 9.62 Å². The second-order valence-electron chi connectivity index (χ2n) is 6.15. The Morgan fingerprint density at radius 3 is 2.92 bits per heavy atom. The zero-order chi connectivity index (χ0) is 19.2. The summed E-state index contributed by atoms with van der Waals surface area (Å²) in [6.07, 6.45) is 5.07. The van der Waals surface area contributed by atoms with E-state index in [-0.39, 0.29) is 11.9 Å². The lowest BCUT2D eigenvalue weighted by molar-refractivity contribution is -0.128. The maximum absolute atomic E-state index is 11.4. The van der Waals surface area contributed by atoms with E-state index in [9.17, 15) is 4.79 Å². The van der Waals surface area contributed by atoms with Gasteiger partial charge in [0.25, 0.3) is 0 Å². The van der Waals surface area contributed by atoms with Gasteiger partial charge in [0, 0.05) is 37.6 Å². The lowest BCUT2D eigenvalue weighted by atomic mass is 10.1. The van der Waals surface area contributed by atoms with Gasteiger partial charge in [-0.2, -0.15) is 12.6 Å². The Morgan fingerprint density at radius 1 is 1.42 bits per heavy atom. The van der Waals surface area contributed by atoms with Crippen LogP contribution in [0.2, 0.25) is 0 Å². The van der Waals surface area contributed by atoms with Gasteiger partial charge in [-0.05, 0) is 37.5 Å². The first kappa shape index (κ1) is 22.9. The number of ether oxygens (including phenoxy) is 1. The quantitative estimate of drug-likeness (QED) is 0.210. The number of nitrogens with one attached hydrogen (secondary N) is 1. The lowest BCUT2D eigenvalue weighted by Gasteiger charge is -2.19. The van der Waals surface area contributed by atoms with Crippen molar-refractivity contribution in [1.29, 1.82) is 0 Å². The number of hydrogen-bond donors (Lipinski definition) is 2. The molecular weight excluding hydrogens is 364 g/mol. The van der Waals surface area contributed by atoms with Crippen molar-refractivity contribution in [2.45, 2.75) is 39.2 Å². The maximum Gasteiger partial charge on any atom is 0.219 e. The van der Waals surface area contributed by atoms with Gasteiger partial charge in [0.15, 0.2) is 0 Å². The zero-order valence-corrected chi connectivity index (χ0v) is 17.7. The van der Waals surface area contributed by atoms with Crippen molar-refractivity contribution in [3.8, 4) is 5.75 Å². The van der Waals surface area contributed by atoms with Crippen molar-refractivity contribution in [2.24, 2.45) is 0 Å². The van der Waals surface area contributed by atoms with Crippen LogP contribution in [-0.2, 0) is 4.79 Å². The predicted octanol–water partition coefficient (Wildman–Crippen LogP) is 4.50. The van der Waals surface area contributed by atoms with Crippen LogP contribution in [0.1, 0.15) is 44.7 Å². The van der Waals surface area contributed by atoms with Crippen LogP contribution >= 0.6 is 24.6 Å². The van der Waals surface area contributed by atoms with E-state index in [1.807, 2.05) is 17.0 Å². The Balaban J connectivity index is 2.19. The number of carbonyl (C=O) groups is 1. The summed E-state index contributed by atoms with van der Waals surface area (Å²) in [5, 5.41) is 0. The van der Waals surface area contributed by atoms with Crippen molar-refractivity contribution in [3.05, 3.63) is 42.5 Å². The van der Waals surface area contributed by atoms with Crippen LogP contribution in [0.15, 0.2) is 36.9 Å². The highest BCUT2D eigenvalue weighted by molar-refractivity contribution is 7.97. The highest BCUT2D eigenvalue weighted by Gasteiger charge is 2.07. The summed E-state index contributed by atoms with van der Waals surface area (Å²) in [5.41, 5.74) is 1.22. The van der Waals surface area contributed by atoms with E-state index in [0.717, 1.165) is 37.3 Å². The second-order valence-corrected chi connectivity index (χ2v) is 7.53. The monoisotopic (exact) mass is 396 g/mol. The first-order valence-corrected chi connectivity index (χ1v) is 10.8. The fourth-order valence-electron chi connectivity index (χ4n) is 2.48. The van der Waals surface area contributed by atoms with E-state index >= 15 is 0 Å². The third-order valence-corrected chi connectivity index (χ3v) is 5.14. The summed E-state index contributed by atoms with van der Waals surface area (Å²) in [6, 6.07) is 8.46. The summed E-state index contributed by atoms with van der Waals surface area (Å²) in [6.45, 7) is 9.54. The van der Waals surface area contributed by atoms with Crippen LogP contribution in [0, 0.1) is 0 Å². The molecule has 1 aromatic rings. The summed E-state index contributed by atoms with van der Waals surface area (Å²) in [5.74, 6) is 2.79. The van der Waals surface area contributed by atoms with E-state index in [2.05, 4.69) is 43.0 Å². The Morgan fingerprint density at radius 2 is 2.23 bits per heavy atom. The Bertz CT molecular complexity index is 540. The molecule has 1 aromatic carbocycles. The minimum absolute atomic E-state index is 0.121. The molecule has 0 saturated heterocycles. The van der Waals surface area contributed by atoms with E-state index in [0.29, 0.717) is 18.9 Å². The molecule has 0 spiro atoms. The van der Waals surface area contributed by atoms with E-state index in [1.165, 1.54) is 5.56 Å². The van der Waals surface area contributed by atoms with Crippen LogP contribution in [0.4, 0.5) is 0 Å². The largest absolute Gasteiger partial charge is 0.493 e. The molecule has 4 nitrogen and oxygen atoms in total. The number of nitrogens with zero attached hydrogens (tertiary/aromatic N) is 1. The molecule has 26 heavy (non-hydrogen) atoms. The molecule has 0 aliphatic heterocycles. The Labute approximate surface area is 168 Å². The van der Waals surface area contributed by atoms with Gasteiger partial charge in [-0.25, -0.2) is 0 Å². The Hall–Kier alpha value is -1.11. The summed E-state index contributed by atoms with van der Waals surface area (Å²) in [4.78, 5) is 13.3. The molecule has 1 N–H and O–H groups in total. The molecule has 0 fully saturated rings. The normalized spacial score (nSPS) is 11.8. The fraction of sp³-hybridized carbons (Fsp3) is 0.550. The van der Waals surface area contributed by atoms with Gasteiger partial charge in [0.2, 0.25) is 5.91 Å². The molecule has 0 aromatic heterocycles. The summed E-state index contributed by atoms with van der Waals surface area (Å²) in [7, 11) is 0. The number of benzene rings is 1. The molecule has 6 heteroatoms. The number of carbonyl (C=O) groups excluding carboxylic acids is 1. The van der Waals surface area contributed by atoms with Gasteiger partial charge >= 0.3 is 0 Å². The van der Waals surface area contributed by atoms with Crippen molar-refractivity contribution in [3.63, 3.8) is 0 Å². The molecule has 1 atom stereocenters. The van der Waals surface area contributed by atoms with Gasteiger partial charge < -0.3 is 9.64 Å². The second kappa shape index (κ2) is 14.0. The Kier molecular flexibility index (Phi) is 12.4. The number of thiol groups is 1. The minimum atomic E-state index is 0.121. The van der Waals surface area contributed by atoms with Gasteiger partial charge in [-0.1, -0.05) is 36.6 Å². The molecule has 0 saturated carbocycles. The van der Waals surface area contributed by atoms with Crippen LogP contribution < -0.4 is 9.46 Å². The van der Waals surface area contributed by atoms with E-state index in [1.54, 1.807) is 24.9 Å². The highest BCUT2D eigenvalue weighted by atomic mass is 32.2. The first-order valence-electron chi connectivity index (χ1n) is 9.15. The SMILES string of the molecule is C=CCN(CCCCCSNC(C)c1cccc(OCCS)c1)C(C)=O. The minimum Gasteiger partial charge on any atom is -0.493 e. The molecule has 1 unspecified atom stereocenters. The lowest BCUT2D eigenvalue weighted by Crippen LogP contribution is -2.29. The smallest absolute Gasteiger partial charge is 0.219 e. The standard InChI is InChI=1S/C20H32N2O2S2/c1-4-11-22(18(3)23)12-6-5-7-15-26-21-17(2)19-9-8-10-20(16-19)24-13-14-25/h4,8-10,16-17,21,25H,1,5-7,11-15H2,2-3H3. The van der Waals surface area contributed by atoms with Gasteiger partial charge in [-0.15, -0.1) is 6.58 Å². The van der Waals surface area contributed by atoms with E-state index in [4.69, 9.17) is 4.74 Å². The third-order valence-electron chi connectivity index (χ3n) is 3.95. The van der Waals surface area contributed by atoms with Crippen LogP contribution in [0.5, 0.6) is 5.75 Å². The highest BCUT2D eigenvalue weighted by Crippen LogP contribution is 2.21. The average molecular weight is 397 g/mol. The molecular formula is C20H32N2O2S2. The van der Waals surface area contributed by atoms with Crippen molar-refractivity contribution >= 4 is 30.5 Å². The van der Waals surface area contributed by atoms with Crippen molar-refractivity contribution in [2.75, 3.05) is 31.2 Å². The van der Waals surface area contributed by atoms with Gasteiger partial charge in [0.1, 0.15) is 5.75 Å². The molecule has 1 amide bonds. The molecule has 0 heterocycles. The van der Waals surface area contributed by atoms with E-state index < -0.39 is 0 Å². The first-order chi connectivity index (χ1) is 12.6. The predicted molar refractivity (Wildman–Crippen MR) is 116 cm³/mol. The molecule has 0 aliphatic rings. The van der Waals surface area contributed by atoms with Gasteiger partial charge in [-0.3, -0.25) is 9.52 Å². The van der Waals surface area contributed by atoms with Gasteiger partial charge in [0.05, 0.1) is 6.61 Å². The number of rotatable bonds is 14. The van der Waals surface area contributed by atoms with Crippen LogP contribution in [0.3, 0.4) is 0 Å². The number of amides is 1. The molecule has 0 aliphatic carbocycles. The fourth-order valence-corrected chi connectivity index (χ4v) is 3.42. The molecule has 0 radical (unpaired) electrons. The zero-order valence-electron chi connectivity index (χ0n) is 15.9. The molecule has 1 rings (SSSR count). The average Bonchev–Trinajstić information content (AvgIpc) is 2.64. The molecule has 146 valence electrons. The molecule has 0 bridgehead atoms. The topological polar surface area (TPSA) is 41.6 Å². The third kappa shape index (κ3) is 9.55. The number of hydrogen-bond acceptors (Lipinski definition) is 5. The van der Waals surface area contributed by atoms with Crippen molar-refractivity contribution < 1.29 is 9.53 Å². The van der Waals surface area contributed by atoms with Crippen LogP contribution in [0.25, 0.3) is 0 Å². The maximum atomic E-state index is 11.4. The summed E-state index contributed by atoms with van der Waals surface area (Å²) < 4.78 is 9.11.